The number of hydrogen-bond acceptors (Lipinski definition) is 5. The zero-order chi connectivity index (χ0) is 15.9. The predicted octanol–water partition coefficient (Wildman–Crippen LogP) is -2.35. The van der Waals surface area contributed by atoms with Gasteiger partial charge in [0.2, 0.25) is 0 Å². The Kier molecular flexibility index (Phi) is 18.4. The maximum atomic E-state index is 11.5. The molecule has 0 atom stereocenters. The van der Waals surface area contributed by atoms with Crippen LogP contribution in [-0.4, -0.2) is 59.8 Å². The van der Waals surface area contributed by atoms with E-state index >= 15 is 0 Å². The van der Waals surface area contributed by atoms with E-state index in [1.807, 2.05) is 13.0 Å². The molecule has 7 heteroatoms. The van der Waals surface area contributed by atoms with Crippen molar-refractivity contribution in [3.63, 3.8) is 0 Å². The second kappa shape index (κ2) is 17.0. The van der Waals surface area contributed by atoms with Gasteiger partial charge in [0, 0.05) is 19.7 Å². The molecule has 22 heavy (non-hydrogen) atoms. The molecule has 0 radical (unpaired) electrons. The van der Waals surface area contributed by atoms with Crippen LogP contribution in [-0.2, 0) is 4.79 Å². The largest absolute Gasteiger partial charge is 1.00 e. The van der Waals surface area contributed by atoms with Gasteiger partial charge >= 0.3 is 35.5 Å². The smallest absolute Gasteiger partial charge is 0.862 e. The summed E-state index contributed by atoms with van der Waals surface area (Å²) in [5.41, 5.74) is 0. The minimum absolute atomic E-state index is 0. The fourth-order valence-electron chi connectivity index (χ4n) is 1.86. The fourth-order valence-corrected chi connectivity index (χ4v) is 1.86. The molecule has 0 saturated carbocycles. The van der Waals surface area contributed by atoms with Crippen molar-refractivity contribution >= 4 is 11.9 Å². The van der Waals surface area contributed by atoms with Crippen molar-refractivity contribution in [1.29, 1.82) is 0 Å². The van der Waals surface area contributed by atoms with Crippen LogP contribution in [0.3, 0.4) is 0 Å². The quantitative estimate of drug-likeness (QED) is 0.130. The summed E-state index contributed by atoms with van der Waals surface area (Å²) in [5, 5.41) is 29.1. The molecule has 0 spiro atoms. The van der Waals surface area contributed by atoms with E-state index in [4.69, 9.17) is 10.2 Å². The molecule has 0 bridgehead atoms. The number of carbonyl (C=O) groups is 1. The molecule has 0 aliphatic heterocycles. The summed E-state index contributed by atoms with van der Waals surface area (Å²) in [5.74, 6) is -1.03. The summed E-state index contributed by atoms with van der Waals surface area (Å²) >= 11 is 0. The molecule has 0 amide bonds. The number of rotatable bonds is 13. The Hall–Kier alpha value is -0.400. The molecule has 0 heterocycles. The Morgan fingerprint density at radius 2 is 2.00 bits per heavy atom. The molecule has 0 aromatic rings. The standard InChI is InChI=1S/C15H28N2O4.Na/c1-2-3-4-5-6-8-14(19)16-9-11-17(10-7-12-18)13-15(20)21;/h2-3,18H,4-13H2,1H3,(H,16,19)(H,20,21);/q;+1/p-1/b3-2+;. The van der Waals surface area contributed by atoms with Gasteiger partial charge in [0.05, 0.1) is 13.1 Å². The number of nitrogens with zero attached hydrogens (tertiary/aromatic N) is 2. The zero-order valence-corrected chi connectivity index (χ0v) is 15.8. The van der Waals surface area contributed by atoms with Crippen LogP contribution in [0, 0.1) is 0 Å². The molecule has 0 saturated heterocycles. The monoisotopic (exact) mass is 322 g/mol. The third-order valence-electron chi connectivity index (χ3n) is 2.94. The Bertz CT molecular complexity index is 336. The van der Waals surface area contributed by atoms with E-state index in [0.717, 1.165) is 19.3 Å². The Balaban J connectivity index is 0. The number of unbranched alkanes of at least 4 members (excludes halogenated alkanes) is 2. The topological polar surface area (TPSA) is 96.2 Å². The second-order valence-electron chi connectivity index (χ2n) is 4.84. The van der Waals surface area contributed by atoms with E-state index in [-0.39, 0.29) is 48.6 Å². The zero-order valence-electron chi connectivity index (χ0n) is 13.8. The van der Waals surface area contributed by atoms with E-state index in [1.54, 1.807) is 4.90 Å². The number of carboxylic acids is 1. The van der Waals surface area contributed by atoms with Crippen LogP contribution >= 0.6 is 0 Å². The first-order valence-corrected chi connectivity index (χ1v) is 7.46. The van der Waals surface area contributed by atoms with Gasteiger partial charge < -0.3 is 20.3 Å². The minimum atomic E-state index is -0.914. The number of hydrogen-bond donors (Lipinski definition) is 2. The summed E-state index contributed by atoms with van der Waals surface area (Å²) < 4.78 is 0. The number of aliphatic carboxylic acids is 1. The Morgan fingerprint density at radius 1 is 1.27 bits per heavy atom. The van der Waals surface area contributed by atoms with Crippen molar-refractivity contribution in [3.8, 4) is 0 Å². The number of aliphatic hydroxyl groups is 1. The van der Waals surface area contributed by atoms with E-state index in [0.29, 0.717) is 32.5 Å². The van der Waals surface area contributed by atoms with Crippen molar-refractivity contribution in [2.75, 3.05) is 32.8 Å². The first-order valence-electron chi connectivity index (χ1n) is 7.46. The molecule has 0 unspecified atom stereocenters. The van der Waals surface area contributed by atoms with E-state index in [2.05, 4.69) is 11.1 Å². The van der Waals surface area contributed by atoms with Crippen LogP contribution in [0.4, 0.5) is 0 Å². The Labute approximate surface area is 155 Å². The van der Waals surface area contributed by atoms with E-state index < -0.39 is 5.97 Å². The fraction of sp³-hybridized carbons (Fsp3) is 0.733. The average Bonchev–Trinajstić information content (AvgIpc) is 2.43. The van der Waals surface area contributed by atoms with Crippen molar-refractivity contribution in [1.82, 2.24) is 4.90 Å². The van der Waals surface area contributed by atoms with Crippen LogP contribution in [0.2, 0.25) is 0 Å². The van der Waals surface area contributed by atoms with E-state index in [9.17, 15) is 9.90 Å². The number of allylic oxidation sites excluding steroid dienone is 2. The van der Waals surface area contributed by atoms with E-state index in [1.165, 1.54) is 0 Å². The number of aliphatic imine (C=N–C) groups is 1. The molecule has 6 nitrogen and oxygen atoms in total. The third-order valence-corrected chi connectivity index (χ3v) is 2.94. The molecule has 0 aliphatic rings. The van der Waals surface area contributed by atoms with Gasteiger partial charge in [-0.05, 0) is 44.9 Å². The molecule has 0 aliphatic carbocycles. The van der Waals surface area contributed by atoms with Crippen LogP contribution in [0.15, 0.2) is 17.1 Å². The summed E-state index contributed by atoms with van der Waals surface area (Å²) in [7, 11) is 0. The first-order chi connectivity index (χ1) is 10.1. The Morgan fingerprint density at radius 3 is 2.59 bits per heavy atom. The molecule has 122 valence electrons. The van der Waals surface area contributed by atoms with Gasteiger partial charge in [-0.25, -0.2) is 0 Å². The van der Waals surface area contributed by atoms with Gasteiger partial charge in [0.25, 0.3) is 0 Å². The third kappa shape index (κ3) is 16.0. The molecule has 0 aromatic heterocycles. The molecule has 0 aromatic carbocycles. The molecule has 0 rings (SSSR count). The van der Waals surface area contributed by atoms with Gasteiger partial charge in [-0.15, -0.1) is 0 Å². The van der Waals surface area contributed by atoms with Gasteiger partial charge in [-0.2, -0.15) is 0 Å². The summed E-state index contributed by atoms with van der Waals surface area (Å²) in [6, 6.07) is 0. The maximum Gasteiger partial charge on any atom is 1.00 e. The normalized spacial score (nSPS) is 11.9. The first kappa shape index (κ1) is 23.9. The molecule has 0 fully saturated rings. The van der Waals surface area contributed by atoms with Gasteiger partial charge in [0.1, 0.15) is 0 Å². The van der Waals surface area contributed by atoms with Gasteiger partial charge in [-0.1, -0.05) is 12.2 Å². The number of carboxylic acid groups (broad SMARTS) is 1. The van der Waals surface area contributed by atoms with Crippen LogP contribution in [0.25, 0.3) is 0 Å². The van der Waals surface area contributed by atoms with Gasteiger partial charge in [0.15, 0.2) is 0 Å². The molecular weight excluding hydrogens is 295 g/mol. The predicted molar refractivity (Wildman–Crippen MR) is 81.4 cm³/mol. The second-order valence-corrected chi connectivity index (χ2v) is 4.84. The van der Waals surface area contributed by atoms with Crippen molar-refractivity contribution < 1.29 is 49.7 Å². The summed E-state index contributed by atoms with van der Waals surface area (Å²) in [6.07, 6.45) is 7.84. The van der Waals surface area contributed by atoms with Crippen molar-refractivity contribution in [3.05, 3.63) is 12.2 Å². The SMILES string of the molecule is C/C=C/CCCCC([O-])=NCCN(CCCO)CC(=O)O.[Na+]. The minimum Gasteiger partial charge on any atom is -0.862 e. The van der Waals surface area contributed by atoms with Crippen molar-refractivity contribution in [2.24, 2.45) is 4.99 Å². The molecular formula is C15H27N2NaO4. The van der Waals surface area contributed by atoms with Crippen molar-refractivity contribution in [2.45, 2.75) is 39.0 Å². The number of aliphatic hydroxyl groups excluding tert-OH is 1. The van der Waals surface area contributed by atoms with Crippen LogP contribution in [0.1, 0.15) is 39.0 Å². The maximum absolute atomic E-state index is 11.5. The summed E-state index contributed by atoms with van der Waals surface area (Å²) in [4.78, 5) is 16.3. The molecule has 2 N–H and O–H groups in total. The van der Waals surface area contributed by atoms with Gasteiger partial charge in [-0.3, -0.25) is 9.69 Å². The average molecular weight is 322 g/mol. The van der Waals surface area contributed by atoms with Crippen LogP contribution < -0.4 is 34.7 Å². The summed E-state index contributed by atoms with van der Waals surface area (Å²) in [6.45, 7) is 3.14. The van der Waals surface area contributed by atoms with Crippen LogP contribution in [0.5, 0.6) is 0 Å².